The van der Waals surface area contributed by atoms with E-state index in [1.165, 1.54) is 0 Å². The summed E-state index contributed by atoms with van der Waals surface area (Å²) in [5.74, 6) is 0.761. The maximum atomic E-state index is 5.82. The van der Waals surface area contributed by atoms with E-state index in [9.17, 15) is 0 Å². The first-order valence-electron chi connectivity index (χ1n) is 5.04. The molecule has 0 saturated heterocycles. The number of nitrogens with zero attached hydrogens (tertiary/aromatic N) is 1. The second-order valence-electron chi connectivity index (χ2n) is 3.58. The third-order valence-corrected chi connectivity index (χ3v) is 3.03. The number of nitrogens with two attached hydrogens (primary N) is 1. The van der Waals surface area contributed by atoms with E-state index in [0.29, 0.717) is 11.6 Å². The smallest absolute Gasteiger partial charge is 0.140 e. The van der Waals surface area contributed by atoms with Gasteiger partial charge in [0.05, 0.1) is 9.50 Å². The summed E-state index contributed by atoms with van der Waals surface area (Å²) in [7, 11) is 0. The Balaban J connectivity index is 2.07. The monoisotopic (exact) mass is 311 g/mol. The number of pyridine rings is 1. The lowest BCUT2D eigenvalue weighted by Crippen LogP contribution is -2.02. The lowest BCUT2D eigenvalue weighted by Gasteiger charge is -2.08. The van der Waals surface area contributed by atoms with Crippen LogP contribution >= 0.6 is 27.5 Å². The molecular formula is C12H11BrClN3. The first-order chi connectivity index (χ1) is 8.15. The minimum absolute atomic E-state index is 0.603. The Morgan fingerprint density at radius 1 is 1.35 bits per heavy atom. The van der Waals surface area contributed by atoms with E-state index >= 15 is 0 Å². The molecule has 0 aliphatic rings. The normalized spacial score (nSPS) is 10.2. The summed E-state index contributed by atoms with van der Waals surface area (Å²) >= 11 is 9.22. The van der Waals surface area contributed by atoms with Crippen molar-refractivity contribution in [2.45, 2.75) is 6.54 Å². The maximum absolute atomic E-state index is 5.82. The molecule has 0 atom stereocenters. The van der Waals surface area contributed by atoms with Gasteiger partial charge >= 0.3 is 0 Å². The third kappa shape index (κ3) is 3.35. The van der Waals surface area contributed by atoms with Gasteiger partial charge < -0.3 is 11.1 Å². The predicted molar refractivity (Wildman–Crippen MR) is 75.1 cm³/mol. The van der Waals surface area contributed by atoms with Crippen molar-refractivity contribution in [3.8, 4) is 0 Å². The van der Waals surface area contributed by atoms with Crippen LogP contribution < -0.4 is 11.1 Å². The number of aromatic nitrogens is 1. The van der Waals surface area contributed by atoms with Crippen LogP contribution in [0.15, 0.2) is 41.0 Å². The number of halogens is 2. The fraction of sp³-hybridized carbons (Fsp3) is 0.0833. The zero-order valence-corrected chi connectivity index (χ0v) is 11.3. The van der Waals surface area contributed by atoms with Gasteiger partial charge in [0, 0.05) is 18.4 Å². The van der Waals surface area contributed by atoms with Crippen molar-refractivity contribution in [2.75, 3.05) is 11.1 Å². The molecule has 3 N–H and O–H groups in total. The van der Waals surface area contributed by atoms with Crippen LogP contribution in [0.3, 0.4) is 0 Å². The largest absolute Gasteiger partial charge is 0.399 e. The molecule has 2 aromatic rings. The van der Waals surface area contributed by atoms with Crippen molar-refractivity contribution < 1.29 is 0 Å². The van der Waals surface area contributed by atoms with Crippen molar-refractivity contribution in [3.63, 3.8) is 0 Å². The summed E-state index contributed by atoms with van der Waals surface area (Å²) in [5, 5.41) is 3.81. The molecule has 2 rings (SSSR count). The van der Waals surface area contributed by atoms with Crippen molar-refractivity contribution >= 4 is 39.0 Å². The average molecular weight is 313 g/mol. The number of anilines is 2. The van der Waals surface area contributed by atoms with Crippen LogP contribution in [0.5, 0.6) is 0 Å². The highest BCUT2D eigenvalue weighted by molar-refractivity contribution is 9.10. The summed E-state index contributed by atoms with van der Waals surface area (Å²) in [6.07, 6.45) is 1.61. The molecule has 0 aliphatic carbocycles. The van der Waals surface area contributed by atoms with Gasteiger partial charge in [-0.2, -0.15) is 0 Å². The number of rotatable bonds is 3. The maximum Gasteiger partial charge on any atom is 0.140 e. The zero-order valence-electron chi connectivity index (χ0n) is 8.95. The van der Waals surface area contributed by atoms with Crippen LogP contribution in [0.25, 0.3) is 0 Å². The standard InChI is InChI=1S/C12H11BrClN3/c13-11-5-9(14)7-17-12(11)16-6-8-2-1-3-10(15)4-8/h1-5,7H,6,15H2,(H,16,17). The molecule has 0 bridgehead atoms. The Kier molecular flexibility index (Phi) is 3.86. The average Bonchev–Trinajstić information content (AvgIpc) is 2.28. The highest BCUT2D eigenvalue weighted by atomic mass is 79.9. The molecule has 0 unspecified atom stereocenters. The molecule has 17 heavy (non-hydrogen) atoms. The molecule has 1 aromatic heterocycles. The Labute approximate surface area is 113 Å². The Morgan fingerprint density at radius 2 is 2.18 bits per heavy atom. The van der Waals surface area contributed by atoms with Gasteiger partial charge in [0.15, 0.2) is 0 Å². The molecule has 0 fully saturated rings. The lowest BCUT2D eigenvalue weighted by atomic mass is 10.2. The van der Waals surface area contributed by atoms with Gasteiger partial charge in [0.2, 0.25) is 0 Å². The second kappa shape index (κ2) is 5.38. The van der Waals surface area contributed by atoms with E-state index in [1.54, 1.807) is 12.3 Å². The number of benzene rings is 1. The molecule has 1 aromatic carbocycles. The minimum Gasteiger partial charge on any atom is -0.399 e. The Hall–Kier alpha value is -1.26. The van der Waals surface area contributed by atoms with E-state index < -0.39 is 0 Å². The van der Waals surface area contributed by atoms with Crippen LogP contribution in [0.4, 0.5) is 11.5 Å². The lowest BCUT2D eigenvalue weighted by molar-refractivity contribution is 1.11. The number of nitrogens with one attached hydrogen (secondary N) is 1. The van der Waals surface area contributed by atoms with E-state index in [2.05, 4.69) is 26.2 Å². The molecule has 0 radical (unpaired) electrons. The van der Waals surface area contributed by atoms with Crippen LogP contribution in [0, 0.1) is 0 Å². The first kappa shape index (κ1) is 12.2. The minimum atomic E-state index is 0.603. The summed E-state index contributed by atoms with van der Waals surface area (Å²) in [4.78, 5) is 4.19. The molecule has 88 valence electrons. The number of hydrogen-bond acceptors (Lipinski definition) is 3. The highest BCUT2D eigenvalue weighted by Crippen LogP contribution is 2.23. The van der Waals surface area contributed by atoms with Crippen LogP contribution in [0.2, 0.25) is 5.02 Å². The Morgan fingerprint density at radius 3 is 2.88 bits per heavy atom. The molecule has 3 nitrogen and oxygen atoms in total. The van der Waals surface area contributed by atoms with Gasteiger partial charge in [-0.05, 0) is 39.7 Å². The van der Waals surface area contributed by atoms with E-state index in [4.69, 9.17) is 17.3 Å². The van der Waals surface area contributed by atoms with Crippen LogP contribution in [-0.2, 0) is 6.54 Å². The van der Waals surface area contributed by atoms with Crippen LogP contribution in [-0.4, -0.2) is 4.98 Å². The van der Waals surface area contributed by atoms with Crippen molar-refractivity contribution in [1.82, 2.24) is 4.98 Å². The first-order valence-corrected chi connectivity index (χ1v) is 6.21. The second-order valence-corrected chi connectivity index (χ2v) is 4.87. The Bertz CT molecular complexity index is 531. The topological polar surface area (TPSA) is 50.9 Å². The summed E-state index contributed by atoms with van der Waals surface area (Å²) in [6, 6.07) is 9.52. The summed E-state index contributed by atoms with van der Waals surface area (Å²) < 4.78 is 0.842. The summed E-state index contributed by atoms with van der Waals surface area (Å²) in [5.41, 5.74) is 7.57. The third-order valence-electron chi connectivity index (χ3n) is 2.22. The van der Waals surface area contributed by atoms with Crippen LogP contribution in [0.1, 0.15) is 5.56 Å². The molecule has 5 heteroatoms. The molecule has 0 saturated carbocycles. The van der Waals surface area contributed by atoms with E-state index in [0.717, 1.165) is 21.5 Å². The van der Waals surface area contributed by atoms with Gasteiger partial charge in [-0.1, -0.05) is 23.7 Å². The number of nitrogen functional groups attached to an aromatic ring is 1. The molecule has 1 heterocycles. The van der Waals surface area contributed by atoms with Gasteiger partial charge in [-0.25, -0.2) is 4.98 Å². The fourth-order valence-corrected chi connectivity index (χ4v) is 2.21. The number of hydrogen-bond donors (Lipinski definition) is 2. The molecule has 0 aliphatic heterocycles. The van der Waals surface area contributed by atoms with Gasteiger partial charge in [0.25, 0.3) is 0 Å². The molecule has 0 amide bonds. The van der Waals surface area contributed by atoms with Crippen molar-refractivity contribution in [2.24, 2.45) is 0 Å². The van der Waals surface area contributed by atoms with Gasteiger partial charge in [0.1, 0.15) is 5.82 Å². The zero-order chi connectivity index (χ0) is 12.3. The van der Waals surface area contributed by atoms with Gasteiger partial charge in [-0.15, -0.1) is 0 Å². The summed E-state index contributed by atoms with van der Waals surface area (Å²) in [6.45, 7) is 0.665. The van der Waals surface area contributed by atoms with Gasteiger partial charge in [-0.3, -0.25) is 0 Å². The van der Waals surface area contributed by atoms with E-state index in [-0.39, 0.29) is 0 Å². The molecule has 0 spiro atoms. The molecular weight excluding hydrogens is 302 g/mol. The van der Waals surface area contributed by atoms with Crippen molar-refractivity contribution in [3.05, 3.63) is 51.6 Å². The predicted octanol–water partition coefficient (Wildman–Crippen LogP) is 3.69. The fourth-order valence-electron chi connectivity index (χ4n) is 1.43. The van der Waals surface area contributed by atoms with Crippen molar-refractivity contribution in [1.29, 1.82) is 0 Å². The van der Waals surface area contributed by atoms with E-state index in [1.807, 2.05) is 24.3 Å². The quantitative estimate of drug-likeness (QED) is 0.850. The SMILES string of the molecule is Nc1cccc(CNc2ncc(Cl)cc2Br)c1. The highest BCUT2D eigenvalue weighted by Gasteiger charge is 2.02.